The number of halogens is 3. The Bertz CT molecular complexity index is 1010. The zero-order valence-corrected chi connectivity index (χ0v) is 18.1. The molecule has 0 atom stereocenters. The first-order valence-electron chi connectivity index (χ1n) is 10.2. The summed E-state index contributed by atoms with van der Waals surface area (Å²) >= 11 is 0. The molecular formula is C23H25F3N4O2. The molecule has 9 heteroatoms. The Morgan fingerprint density at radius 2 is 1.56 bits per heavy atom. The maximum atomic E-state index is 13.6. The average molecular weight is 446 g/mol. The molecule has 1 N–H and O–H groups in total. The van der Waals surface area contributed by atoms with E-state index >= 15 is 0 Å². The molecule has 3 aromatic rings. The van der Waals surface area contributed by atoms with Crippen LogP contribution >= 0.6 is 0 Å². The Morgan fingerprint density at radius 3 is 2.16 bits per heavy atom. The molecule has 1 aromatic heterocycles. The predicted octanol–water partition coefficient (Wildman–Crippen LogP) is 6.19. The molecule has 0 bridgehead atoms. The van der Waals surface area contributed by atoms with Crippen LogP contribution in [0.25, 0.3) is 0 Å². The van der Waals surface area contributed by atoms with E-state index in [9.17, 15) is 13.2 Å². The molecule has 0 aliphatic carbocycles. The van der Waals surface area contributed by atoms with Crippen LogP contribution < -0.4 is 19.7 Å². The van der Waals surface area contributed by atoms with Crippen molar-refractivity contribution in [1.29, 1.82) is 0 Å². The number of hydrogen-bond acceptors (Lipinski definition) is 6. The van der Waals surface area contributed by atoms with E-state index in [4.69, 9.17) is 9.47 Å². The molecule has 170 valence electrons. The summed E-state index contributed by atoms with van der Waals surface area (Å²) in [5.74, 6) is 1.13. The highest BCUT2D eigenvalue weighted by atomic mass is 19.4. The highest BCUT2D eigenvalue weighted by molar-refractivity contribution is 5.65. The van der Waals surface area contributed by atoms with Crippen molar-refractivity contribution >= 4 is 23.1 Å². The maximum absolute atomic E-state index is 13.6. The van der Waals surface area contributed by atoms with Crippen LogP contribution in [0.5, 0.6) is 11.5 Å². The second kappa shape index (κ2) is 10.2. The number of nitrogens with zero attached hydrogens (tertiary/aromatic N) is 3. The van der Waals surface area contributed by atoms with Crippen molar-refractivity contribution in [3.05, 3.63) is 60.3 Å². The van der Waals surface area contributed by atoms with E-state index < -0.39 is 11.7 Å². The van der Waals surface area contributed by atoms with Crippen molar-refractivity contribution in [2.24, 2.45) is 0 Å². The fourth-order valence-electron chi connectivity index (χ4n) is 2.93. The van der Waals surface area contributed by atoms with Crippen molar-refractivity contribution in [2.45, 2.75) is 26.4 Å². The third kappa shape index (κ3) is 5.81. The SMILES string of the molecule is CCCOc1ccc(Nc2ncc(C(F)(F)F)c(N(C)c3ccc(OCC)cc3)n2)cc1. The number of nitrogens with one attached hydrogen (secondary N) is 1. The summed E-state index contributed by atoms with van der Waals surface area (Å²) in [6.07, 6.45) is -2.93. The highest BCUT2D eigenvalue weighted by Crippen LogP contribution is 2.38. The van der Waals surface area contributed by atoms with Crippen molar-refractivity contribution in [2.75, 3.05) is 30.5 Å². The quantitative estimate of drug-likeness (QED) is 0.423. The number of alkyl halides is 3. The molecule has 0 saturated carbocycles. The van der Waals surface area contributed by atoms with E-state index in [1.54, 1.807) is 48.5 Å². The minimum absolute atomic E-state index is 0.0491. The molecule has 6 nitrogen and oxygen atoms in total. The van der Waals surface area contributed by atoms with Crippen LogP contribution in [0.1, 0.15) is 25.8 Å². The summed E-state index contributed by atoms with van der Waals surface area (Å²) in [4.78, 5) is 9.40. The Balaban J connectivity index is 1.87. The third-order valence-electron chi connectivity index (χ3n) is 4.51. The smallest absolute Gasteiger partial charge is 0.421 e. The van der Waals surface area contributed by atoms with Gasteiger partial charge in [0.1, 0.15) is 17.1 Å². The number of rotatable bonds is 9. The second-order valence-electron chi connectivity index (χ2n) is 6.91. The molecule has 0 radical (unpaired) electrons. The van der Waals surface area contributed by atoms with Gasteiger partial charge in [-0.25, -0.2) is 4.98 Å². The average Bonchev–Trinajstić information content (AvgIpc) is 2.78. The standard InChI is InChI=1S/C23H25F3N4O2/c1-4-14-32-19-10-6-16(7-11-19)28-22-27-15-20(23(24,25)26)21(29-22)30(3)17-8-12-18(13-9-17)31-5-2/h6-13,15H,4-5,14H2,1-3H3,(H,27,28,29). The molecule has 0 saturated heterocycles. The number of aromatic nitrogens is 2. The van der Waals surface area contributed by atoms with Gasteiger partial charge < -0.3 is 19.7 Å². The number of anilines is 4. The van der Waals surface area contributed by atoms with Crippen molar-refractivity contribution < 1.29 is 22.6 Å². The van der Waals surface area contributed by atoms with Gasteiger partial charge in [0.05, 0.1) is 13.2 Å². The minimum atomic E-state index is -4.61. The Labute approximate surface area is 185 Å². The summed E-state index contributed by atoms with van der Waals surface area (Å²) in [5, 5.41) is 2.95. The largest absolute Gasteiger partial charge is 0.494 e. The molecule has 0 fully saturated rings. The summed E-state index contributed by atoms with van der Waals surface area (Å²) in [6.45, 7) is 4.98. The van der Waals surface area contributed by atoms with Gasteiger partial charge in [0, 0.05) is 24.6 Å². The van der Waals surface area contributed by atoms with Gasteiger partial charge in [-0.05, 0) is 61.9 Å². The lowest BCUT2D eigenvalue weighted by molar-refractivity contribution is -0.137. The molecule has 32 heavy (non-hydrogen) atoms. The first-order valence-corrected chi connectivity index (χ1v) is 10.2. The molecular weight excluding hydrogens is 421 g/mol. The Hall–Kier alpha value is -3.49. The molecule has 0 amide bonds. The van der Waals surface area contributed by atoms with Crippen LogP contribution in [0.4, 0.5) is 36.3 Å². The van der Waals surface area contributed by atoms with Crippen LogP contribution in [0.3, 0.4) is 0 Å². The first-order chi connectivity index (χ1) is 15.3. The summed E-state index contributed by atoms with van der Waals surface area (Å²) in [6, 6.07) is 13.8. The molecule has 2 aromatic carbocycles. The van der Waals surface area contributed by atoms with Gasteiger partial charge in [-0.15, -0.1) is 0 Å². The number of ether oxygens (including phenoxy) is 2. The zero-order chi connectivity index (χ0) is 23.1. The van der Waals surface area contributed by atoms with Gasteiger partial charge in [0.15, 0.2) is 5.82 Å². The van der Waals surface area contributed by atoms with Gasteiger partial charge in [-0.3, -0.25) is 0 Å². The highest BCUT2D eigenvalue weighted by Gasteiger charge is 2.36. The summed E-state index contributed by atoms with van der Waals surface area (Å²) in [5.41, 5.74) is 0.229. The van der Waals surface area contributed by atoms with Crippen LogP contribution in [-0.4, -0.2) is 30.2 Å². The normalized spacial score (nSPS) is 11.2. The minimum Gasteiger partial charge on any atom is -0.494 e. The van der Waals surface area contributed by atoms with E-state index in [1.165, 1.54) is 11.9 Å². The second-order valence-corrected chi connectivity index (χ2v) is 6.91. The molecule has 3 rings (SSSR count). The molecule has 0 unspecified atom stereocenters. The van der Waals surface area contributed by atoms with Gasteiger partial charge in [0.25, 0.3) is 0 Å². The van der Waals surface area contributed by atoms with E-state index in [2.05, 4.69) is 15.3 Å². The zero-order valence-electron chi connectivity index (χ0n) is 18.1. The summed E-state index contributed by atoms with van der Waals surface area (Å²) in [7, 11) is 1.52. The van der Waals surface area contributed by atoms with Crippen molar-refractivity contribution in [3.63, 3.8) is 0 Å². The van der Waals surface area contributed by atoms with Gasteiger partial charge in [-0.2, -0.15) is 18.2 Å². The molecule has 0 spiro atoms. The van der Waals surface area contributed by atoms with E-state index in [0.29, 0.717) is 36.1 Å². The van der Waals surface area contributed by atoms with Crippen LogP contribution in [-0.2, 0) is 6.18 Å². The number of hydrogen-bond donors (Lipinski definition) is 1. The van der Waals surface area contributed by atoms with E-state index in [1.807, 2.05) is 13.8 Å². The van der Waals surface area contributed by atoms with Crippen molar-refractivity contribution in [1.82, 2.24) is 9.97 Å². The topological polar surface area (TPSA) is 59.5 Å². The molecule has 1 heterocycles. The van der Waals surface area contributed by atoms with Crippen LogP contribution in [0.15, 0.2) is 54.7 Å². The molecule has 0 aliphatic rings. The fraction of sp³-hybridized carbons (Fsp3) is 0.304. The lowest BCUT2D eigenvalue weighted by atomic mass is 10.2. The lowest BCUT2D eigenvalue weighted by Crippen LogP contribution is -2.19. The van der Waals surface area contributed by atoms with Crippen LogP contribution in [0.2, 0.25) is 0 Å². The summed E-state index contributed by atoms with van der Waals surface area (Å²) < 4.78 is 51.8. The van der Waals surface area contributed by atoms with Gasteiger partial charge in [0.2, 0.25) is 5.95 Å². The number of benzene rings is 2. The van der Waals surface area contributed by atoms with Crippen molar-refractivity contribution in [3.8, 4) is 11.5 Å². The first kappa shape index (κ1) is 23.2. The van der Waals surface area contributed by atoms with Gasteiger partial charge in [-0.1, -0.05) is 6.92 Å². The Morgan fingerprint density at radius 1 is 0.938 bits per heavy atom. The third-order valence-corrected chi connectivity index (χ3v) is 4.51. The molecule has 0 aliphatic heterocycles. The maximum Gasteiger partial charge on any atom is 0.421 e. The lowest BCUT2D eigenvalue weighted by Gasteiger charge is -2.23. The van der Waals surface area contributed by atoms with E-state index in [0.717, 1.165) is 12.6 Å². The van der Waals surface area contributed by atoms with Crippen LogP contribution in [0, 0.1) is 0 Å². The fourth-order valence-corrected chi connectivity index (χ4v) is 2.93. The van der Waals surface area contributed by atoms with E-state index in [-0.39, 0.29) is 11.8 Å². The predicted molar refractivity (Wildman–Crippen MR) is 118 cm³/mol. The van der Waals surface area contributed by atoms with Gasteiger partial charge >= 0.3 is 6.18 Å². The Kier molecular flexibility index (Phi) is 7.40. The monoisotopic (exact) mass is 446 g/mol.